The van der Waals surface area contributed by atoms with E-state index in [-0.39, 0.29) is 29.1 Å². The number of benzene rings is 1. The molecule has 0 atom stereocenters. The van der Waals surface area contributed by atoms with Gasteiger partial charge in [0.05, 0.1) is 23.4 Å². The Morgan fingerprint density at radius 2 is 1.89 bits per heavy atom. The Bertz CT molecular complexity index is 1020. The number of piperazine rings is 1. The fourth-order valence-electron chi connectivity index (χ4n) is 2.72. The molecule has 8 nitrogen and oxygen atoms in total. The van der Waals surface area contributed by atoms with Gasteiger partial charge in [-0.3, -0.25) is 14.3 Å². The Morgan fingerprint density at radius 1 is 1.18 bits per heavy atom. The summed E-state index contributed by atoms with van der Waals surface area (Å²) in [5.41, 5.74) is 1.45. The SMILES string of the molecule is CN1CCN(c2csc(C(=O)Nc3cc(Cl)cc(NS(C)(=O)=O)c3)c2)CC1=O. The maximum Gasteiger partial charge on any atom is 0.265 e. The number of anilines is 3. The third-order valence-corrected chi connectivity index (χ3v) is 5.83. The van der Waals surface area contributed by atoms with E-state index in [2.05, 4.69) is 10.0 Å². The maximum absolute atomic E-state index is 12.6. The lowest BCUT2D eigenvalue weighted by Gasteiger charge is -2.32. The normalized spacial score (nSPS) is 14.9. The Hall–Kier alpha value is -2.30. The number of hydrogen-bond acceptors (Lipinski definition) is 6. The quantitative estimate of drug-likeness (QED) is 0.740. The van der Waals surface area contributed by atoms with Crippen LogP contribution in [0.5, 0.6) is 0 Å². The zero-order chi connectivity index (χ0) is 20.5. The zero-order valence-electron chi connectivity index (χ0n) is 15.2. The fraction of sp³-hybridized carbons (Fsp3) is 0.294. The van der Waals surface area contributed by atoms with Crippen molar-refractivity contribution >= 4 is 61.8 Å². The number of sulfonamides is 1. The van der Waals surface area contributed by atoms with Crippen LogP contribution in [0.2, 0.25) is 5.02 Å². The molecule has 2 N–H and O–H groups in total. The highest BCUT2D eigenvalue weighted by molar-refractivity contribution is 7.92. The van der Waals surface area contributed by atoms with Crippen molar-refractivity contribution in [3.8, 4) is 0 Å². The molecule has 1 saturated heterocycles. The Kier molecular flexibility index (Phi) is 5.82. The molecule has 3 rings (SSSR count). The number of thiophene rings is 1. The third-order valence-electron chi connectivity index (χ3n) is 4.09. The van der Waals surface area contributed by atoms with E-state index in [1.807, 2.05) is 10.3 Å². The molecular weight excluding hydrogens is 424 g/mol. The molecule has 2 amide bonds. The first-order valence-electron chi connectivity index (χ1n) is 8.28. The summed E-state index contributed by atoms with van der Waals surface area (Å²) >= 11 is 7.28. The van der Waals surface area contributed by atoms with Crippen molar-refractivity contribution in [2.45, 2.75) is 0 Å². The van der Waals surface area contributed by atoms with Gasteiger partial charge in [-0.05, 0) is 24.3 Å². The molecule has 0 aliphatic carbocycles. The van der Waals surface area contributed by atoms with Gasteiger partial charge in [-0.15, -0.1) is 11.3 Å². The van der Waals surface area contributed by atoms with Crippen LogP contribution in [0.4, 0.5) is 17.1 Å². The van der Waals surface area contributed by atoms with Gasteiger partial charge in [0.25, 0.3) is 5.91 Å². The van der Waals surface area contributed by atoms with E-state index in [9.17, 15) is 18.0 Å². The van der Waals surface area contributed by atoms with E-state index in [0.29, 0.717) is 23.7 Å². The molecule has 0 radical (unpaired) electrons. The minimum Gasteiger partial charge on any atom is -0.360 e. The van der Waals surface area contributed by atoms with Crippen molar-refractivity contribution in [1.29, 1.82) is 0 Å². The van der Waals surface area contributed by atoms with Crippen LogP contribution < -0.4 is 14.9 Å². The van der Waals surface area contributed by atoms with Gasteiger partial charge in [0.1, 0.15) is 0 Å². The second-order valence-corrected chi connectivity index (χ2v) is 9.56. The number of nitrogens with one attached hydrogen (secondary N) is 2. The number of carbonyl (C=O) groups is 2. The van der Waals surface area contributed by atoms with E-state index in [4.69, 9.17) is 11.6 Å². The molecule has 0 spiro atoms. The second-order valence-electron chi connectivity index (χ2n) is 6.46. The van der Waals surface area contributed by atoms with Crippen molar-refractivity contribution in [3.63, 3.8) is 0 Å². The highest BCUT2D eigenvalue weighted by atomic mass is 35.5. The van der Waals surface area contributed by atoms with Crippen LogP contribution in [0.15, 0.2) is 29.6 Å². The van der Waals surface area contributed by atoms with Crippen LogP contribution in [0.25, 0.3) is 0 Å². The lowest BCUT2D eigenvalue weighted by molar-refractivity contribution is -0.129. The van der Waals surface area contributed by atoms with Gasteiger partial charge < -0.3 is 15.1 Å². The lowest BCUT2D eigenvalue weighted by Crippen LogP contribution is -2.48. The summed E-state index contributed by atoms with van der Waals surface area (Å²) in [5.74, 6) is -0.308. The van der Waals surface area contributed by atoms with Crippen molar-refractivity contribution in [3.05, 3.63) is 39.5 Å². The molecule has 1 aromatic heterocycles. The smallest absolute Gasteiger partial charge is 0.265 e. The number of halogens is 1. The van der Waals surface area contributed by atoms with Gasteiger partial charge in [0.2, 0.25) is 15.9 Å². The largest absolute Gasteiger partial charge is 0.360 e. The molecule has 0 unspecified atom stereocenters. The van der Waals surface area contributed by atoms with Crippen LogP contribution >= 0.6 is 22.9 Å². The summed E-state index contributed by atoms with van der Waals surface area (Å²) in [6, 6.07) is 6.20. The number of amides is 2. The van der Waals surface area contributed by atoms with Crippen molar-refractivity contribution in [1.82, 2.24) is 4.90 Å². The van der Waals surface area contributed by atoms with Crippen molar-refractivity contribution in [2.24, 2.45) is 0 Å². The summed E-state index contributed by atoms with van der Waals surface area (Å²) in [4.78, 5) is 28.5. The van der Waals surface area contributed by atoms with E-state index in [1.165, 1.54) is 29.5 Å². The summed E-state index contributed by atoms with van der Waals surface area (Å²) in [5, 5.41) is 4.84. The minimum atomic E-state index is -3.46. The average Bonchev–Trinajstić information content (AvgIpc) is 3.05. The first-order valence-corrected chi connectivity index (χ1v) is 11.4. The highest BCUT2D eigenvalue weighted by Crippen LogP contribution is 2.27. The predicted octanol–water partition coefficient (Wildman–Crippen LogP) is 2.30. The monoisotopic (exact) mass is 442 g/mol. The van der Waals surface area contributed by atoms with Crippen LogP contribution in [-0.4, -0.2) is 58.1 Å². The molecule has 28 heavy (non-hydrogen) atoms. The predicted molar refractivity (Wildman–Crippen MR) is 112 cm³/mol. The Balaban J connectivity index is 1.72. The molecular formula is C17H19ClN4O4S2. The summed E-state index contributed by atoms with van der Waals surface area (Å²) in [7, 11) is -1.70. The lowest BCUT2D eigenvalue weighted by atomic mass is 10.2. The first kappa shape index (κ1) is 20.4. The van der Waals surface area contributed by atoms with Gasteiger partial charge in [-0.2, -0.15) is 0 Å². The van der Waals surface area contributed by atoms with Crippen LogP contribution in [0, 0.1) is 0 Å². The van der Waals surface area contributed by atoms with E-state index in [1.54, 1.807) is 18.0 Å². The summed E-state index contributed by atoms with van der Waals surface area (Å²) in [6.45, 7) is 1.62. The molecule has 1 aliphatic rings. The average molecular weight is 443 g/mol. The standard InChI is InChI=1S/C17H19ClN4O4S2/c1-21-3-4-22(9-16(21)23)14-8-15(27-10-14)17(24)19-12-5-11(18)6-13(7-12)20-28(2,25)26/h5-8,10,20H,3-4,9H2,1-2H3,(H,19,24). The number of rotatable bonds is 5. The van der Waals surface area contributed by atoms with Gasteiger partial charge in [-0.25, -0.2) is 8.42 Å². The fourth-order valence-corrected chi connectivity index (χ4v) is 4.31. The molecule has 0 bridgehead atoms. The Morgan fingerprint density at radius 3 is 2.57 bits per heavy atom. The molecule has 2 aromatic rings. The van der Waals surface area contributed by atoms with Gasteiger partial charge in [0.15, 0.2) is 0 Å². The van der Waals surface area contributed by atoms with E-state index in [0.717, 1.165) is 11.9 Å². The molecule has 2 heterocycles. The van der Waals surface area contributed by atoms with E-state index >= 15 is 0 Å². The number of hydrogen-bond donors (Lipinski definition) is 2. The summed E-state index contributed by atoms with van der Waals surface area (Å²) in [6.07, 6.45) is 1.03. The second kappa shape index (κ2) is 7.98. The Labute approximate surface area is 172 Å². The molecule has 0 saturated carbocycles. The van der Waals surface area contributed by atoms with Crippen molar-refractivity contribution < 1.29 is 18.0 Å². The third kappa shape index (κ3) is 5.15. The molecule has 1 aromatic carbocycles. The molecule has 11 heteroatoms. The molecule has 1 fully saturated rings. The van der Waals surface area contributed by atoms with Gasteiger partial charge >= 0.3 is 0 Å². The van der Waals surface area contributed by atoms with Crippen LogP contribution in [0.3, 0.4) is 0 Å². The number of nitrogens with zero attached hydrogens (tertiary/aromatic N) is 2. The summed E-state index contributed by atoms with van der Waals surface area (Å²) < 4.78 is 25.1. The number of carbonyl (C=O) groups excluding carboxylic acids is 2. The first-order chi connectivity index (χ1) is 13.1. The van der Waals surface area contributed by atoms with E-state index < -0.39 is 10.0 Å². The number of likely N-dealkylation sites (N-methyl/N-ethyl adjacent to an activating group) is 1. The van der Waals surface area contributed by atoms with Crippen molar-refractivity contribution in [2.75, 3.05) is 47.9 Å². The highest BCUT2D eigenvalue weighted by Gasteiger charge is 2.22. The van der Waals surface area contributed by atoms with Crippen LogP contribution in [-0.2, 0) is 14.8 Å². The van der Waals surface area contributed by atoms with Gasteiger partial charge in [0, 0.05) is 41.9 Å². The minimum absolute atomic E-state index is 0.0354. The zero-order valence-corrected chi connectivity index (χ0v) is 17.6. The van der Waals surface area contributed by atoms with Crippen LogP contribution in [0.1, 0.15) is 9.67 Å². The molecule has 150 valence electrons. The maximum atomic E-state index is 12.6. The molecule has 1 aliphatic heterocycles. The topological polar surface area (TPSA) is 98.8 Å². The van der Waals surface area contributed by atoms with Gasteiger partial charge in [-0.1, -0.05) is 11.6 Å².